The molecule has 0 unspecified atom stereocenters. The van der Waals surface area contributed by atoms with E-state index in [0.29, 0.717) is 24.4 Å². The number of nitrogens with one attached hydrogen (secondary N) is 2. The van der Waals surface area contributed by atoms with Crippen molar-refractivity contribution in [1.29, 1.82) is 0 Å². The smallest absolute Gasteiger partial charge is 0.338 e. The molecule has 8 nitrogen and oxygen atoms in total. The summed E-state index contributed by atoms with van der Waals surface area (Å²) in [6.07, 6.45) is 0. The minimum Gasteiger partial charge on any atom is -0.463 e. The molecule has 2 amide bonds. The molecule has 180 valence electrons. The standard InChI is InChI=1S/C26H32N4O4/c1-3-34-25(31)23-21(27-26(32)28-24(23)19-9-5-4-6-10-19)18-29(2)17-20-11-7-8-12-22(20)30-13-15-33-16-14-30/h4-12,24H,3,13-18H2,1-2H3,(H2,27,28,32)/t24-/m1/s1. The molecule has 1 fully saturated rings. The Balaban J connectivity index is 1.60. The summed E-state index contributed by atoms with van der Waals surface area (Å²) in [4.78, 5) is 30.0. The molecule has 2 aliphatic rings. The lowest BCUT2D eigenvalue weighted by Crippen LogP contribution is -2.48. The zero-order valence-electron chi connectivity index (χ0n) is 19.8. The molecule has 0 saturated carbocycles. The summed E-state index contributed by atoms with van der Waals surface area (Å²) < 4.78 is 10.9. The Bertz CT molecular complexity index is 1030. The quantitative estimate of drug-likeness (QED) is 0.585. The molecule has 0 spiro atoms. The van der Waals surface area contributed by atoms with Crippen molar-refractivity contribution in [2.75, 3.05) is 51.4 Å². The largest absolute Gasteiger partial charge is 0.463 e. The van der Waals surface area contributed by atoms with Crippen molar-refractivity contribution >= 4 is 17.7 Å². The van der Waals surface area contributed by atoms with Crippen molar-refractivity contribution in [2.45, 2.75) is 19.5 Å². The van der Waals surface area contributed by atoms with Crippen molar-refractivity contribution < 1.29 is 19.1 Å². The molecule has 0 radical (unpaired) electrons. The first-order valence-electron chi connectivity index (χ1n) is 11.7. The zero-order valence-corrected chi connectivity index (χ0v) is 19.8. The van der Waals surface area contributed by atoms with Gasteiger partial charge in [0.25, 0.3) is 0 Å². The lowest BCUT2D eigenvalue weighted by Gasteiger charge is -2.33. The number of urea groups is 1. The number of hydrogen-bond donors (Lipinski definition) is 2. The van der Waals surface area contributed by atoms with Gasteiger partial charge in [-0.15, -0.1) is 0 Å². The van der Waals surface area contributed by atoms with Crippen molar-refractivity contribution in [3.05, 3.63) is 77.0 Å². The Hall–Kier alpha value is -3.36. The molecule has 2 N–H and O–H groups in total. The number of hydrogen-bond acceptors (Lipinski definition) is 6. The zero-order chi connectivity index (χ0) is 23.9. The summed E-state index contributed by atoms with van der Waals surface area (Å²) in [5.74, 6) is -0.430. The third-order valence-electron chi connectivity index (χ3n) is 5.99. The maximum absolute atomic E-state index is 13.0. The van der Waals surface area contributed by atoms with Crippen LogP contribution in [-0.2, 0) is 20.8 Å². The Morgan fingerprint density at radius 1 is 1.09 bits per heavy atom. The molecule has 34 heavy (non-hydrogen) atoms. The Morgan fingerprint density at radius 2 is 1.79 bits per heavy atom. The van der Waals surface area contributed by atoms with E-state index in [1.54, 1.807) is 6.92 Å². The predicted molar refractivity (Wildman–Crippen MR) is 130 cm³/mol. The minimum absolute atomic E-state index is 0.258. The second kappa shape index (κ2) is 11.2. The average molecular weight is 465 g/mol. The van der Waals surface area contributed by atoms with Crippen LogP contribution in [-0.4, -0.2) is 63.4 Å². The maximum atomic E-state index is 13.0. The number of esters is 1. The summed E-state index contributed by atoms with van der Waals surface area (Å²) in [6.45, 7) is 6.25. The van der Waals surface area contributed by atoms with Gasteiger partial charge in [-0.2, -0.15) is 0 Å². The highest BCUT2D eigenvalue weighted by molar-refractivity contribution is 5.95. The van der Waals surface area contributed by atoms with Crippen LogP contribution in [0.4, 0.5) is 10.5 Å². The van der Waals surface area contributed by atoms with Gasteiger partial charge in [-0.25, -0.2) is 9.59 Å². The topological polar surface area (TPSA) is 83.1 Å². The number of anilines is 1. The van der Waals surface area contributed by atoms with Crippen LogP contribution in [0.25, 0.3) is 0 Å². The molecule has 2 heterocycles. The number of carbonyl (C=O) groups is 2. The minimum atomic E-state index is -0.571. The Labute approximate surface area is 200 Å². The fraction of sp³-hybridized carbons (Fsp3) is 0.385. The van der Waals surface area contributed by atoms with Gasteiger partial charge >= 0.3 is 12.0 Å². The van der Waals surface area contributed by atoms with E-state index in [-0.39, 0.29) is 12.6 Å². The second-order valence-electron chi connectivity index (χ2n) is 8.46. The van der Waals surface area contributed by atoms with Crippen molar-refractivity contribution in [2.24, 2.45) is 0 Å². The van der Waals surface area contributed by atoms with Crippen LogP contribution in [0.1, 0.15) is 24.1 Å². The average Bonchev–Trinajstić information content (AvgIpc) is 2.85. The predicted octanol–water partition coefficient (Wildman–Crippen LogP) is 2.83. The molecule has 1 atom stereocenters. The maximum Gasteiger partial charge on any atom is 0.338 e. The van der Waals surface area contributed by atoms with E-state index in [1.807, 2.05) is 49.5 Å². The number of nitrogens with zero attached hydrogens (tertiary/aromatic N) is 2. The van der Waals surface area contributed by atoms with E-state index in [2.05, 4.69) is 32.6 Å². The number of benzene rings is 2. The monoisotopic (exact) mass is 464 g/mol. The first-order valence-corrected chi connectivity index (χ1v) is 11.7. The highest BCUT2D eigenvalue weighted by atomic mass is 16.5. The number of rotatable bonds is 8. The second-order valence-corrected chi connectivity index (χ2v) is 8.46. The van der Waals surface area contributed by atoms with Crippen LogP contribution >= 0.6 is 0 Å². The first-order chi connectivity index (χ1) is 16.6. The lowest BCUT2D eigenvalue weighted by molar-refractivity contribution is -0.139. The Kier molecular flexibility index (Phi) is 7.82. The molecule has 2 aromatic carbocycles. The van der Waals surface area contributed by atoms with Gasteiger partial charge in [0, 0.05) is 37.6 Å². The third-order valence-corrected chi connectivity index (χ3v) is 5.99. The number of carbonyl (C=O) groups excluding carboxylic acids is 2. The number of likely N-dealkylation sites (N-methyl/N-ethyl adjacent to an activating group) is 1. The fourth-order valence-electron chi connectivity index (χ4n) is 4.46. The molecule has 2 aliphatic heterocycles. The Morgan fingerprint density at radius 3 is 2.53 bits per heavy atom. The highest BCUT2D eigenvalue weighted by Crippen LogP contribution is 2.29. The van der Waals surface area contributed by atoms with E-state index >= 15 is 0 Å². The van der Waals surface area contributed by atoms with Gasteiger partial charge in [0.2, 0.25) is 0 Å². The van der Waals surface area contributed by atoms with Gasteiger partial charge < -0.3 is 25.0 Å². The molecule has 1 saturated heterocycles. The highest BCUT2D eigenvalue weighted by Gasteiger charge is 2.34. The molecule has 8 heteroatoms. The van der Waals surface area contributed by atoms with E-state index in [0.717, 1.165) is 31.9 Å². The SMILES string of the molecule is CCOC(=O)C1=C(CN(C)Cc2ccccc2N2CCOCC2)NC(=O)N[C@@H]1c1ccccc1. The van der Waals surface area contributed by atoms with E-state index in [4.69, 9.17) is 9.47 Å². The van der Waals surface area contributed by atoms with Crippen LogP contribution in [0.3, 0.4) is 0 Å². The van der Waals surface area contributed by atoms with Crippen LogP contribution in [0.2, 0.25) is 0 Å². The third kappa shape index (κ3) is 5.58. The van der Waals surface area contributed by atoms with E-state index in [9.17, 15) is 9.59 Å². The van der Waals surface area contributed by atoms with Gasteiger partial charge in [0.1, 0.15) is 0 Å². The molecule has 4 rings (SSSR count). The summed E-state index contributed by atoms with van der Waals surface area (Å²) in [5, 5.41) is 5.74. The summed E-state index contributed by atoms with van der Waals surface area (Å²) in [7, 11) is 1.98. The van der Waals surface area contributed by atoms with Crippen molar-refractivity contribution in [1.82, 2.24) is 15.5 Å². The molecular weight excluding hydrogens is 432 g/mol. The van der Waals surface area contributed by atoms with E-state index in [1.165, 1.54) is 11.3 Å². The summed E-state index contributed by atoms with van der Waals surface area (Å²) >= 11 is 0. The van der Waals surface area contributed by atoms with Crippen LogP contribution in [0.5, 0.6) is 0 Å². The molecule has 0 aliphatic carbocycles. The van der Waals surface area contributed by atoms with Gasteiger partial charge in [-0.05, 0) is 31.2 Å². The summed E-state index contributed by atoms with van der Waals surface area (Å²) in [6, 6.07) is 16.9. The normalized spacial score (nSPS) is 18.5. The number of ether oxygens (including phenoxy) is 2. The van der Waals surface area contributed by atoms with Gasteiger partial charge in [-0.3, -0.25) is 4.90 Å². The van der Waals surface area contributed by atoms with Gasteiger partial charge in [0.05, 0.1) is 31.4 Å². The molecule has 0 bridgehead atoms. The molecular formula is C26H32N4O4. The van der Waals surface area contributed by atoms with Crippen LogP contribution in [0.15, 0.2) is 65.9 Å². The van der Waals surface area contributed by atoms with Crippen LogP contribution < -0.4 is 15.5 Å². The van der Waals surface area contributed by atoms with Crippen LogP contribution in [0, 0.1) is 0 Å². The van der Waals surface area contributed by atoms with Gasteiger partial charge in [0.15, 0.2) is 0 Å². The number of amides is 2. The van der Waals surface area contributed by atoms with Crippen molar-refractivity contribution in [3.63, 3.8) is 0 Å². The van der Waals surface area contributed by atoms with Crippen molar-refractivity contribution in [3.8, 4) is 0 Å². The van der Waals surface area contributed by atoms with E-state index < -0.39 is 12.0 Å². The lowest BCUT2D eigenvalue weighted by atomic mass is 9.95. The summed E-state index contributed by atoms with van der Waals surface area (Å²) in [5.41, 5.74) is 4.19. The first kappa shape index (κ1) is 23.8. The fourth-order valence-corrected chi connectivity index (χ4v) is 4.46. The number of morpholine rings is 1. The van der Waals surface area contributed by atoms with Gasteiger partial charge in [-0.1, -0.05) is 48.5 Å². The number of para-hydroxylation sites is 1. The molecule has 2 aromatic rings. The molecule has 0 aromatic heterocycles.